The average Bonchev–Trinajstić information content (AvgIpc) is 3.16. The lowest BCUT2D eigenvalue weighted by Gasteiger charge is -2.22. The largest absolute Gasteiger partial charge is 0.493 e. The average molecular weight is 451 g/mol. The van der Waals surface area contributed by atoms with Gasteiger partial charge >= 0.3 is 0 Å². The molecule has 0 radical (unpaired) electrons. The van der Waals surface area contributed by atoms with Crippen LogP contribution in [0.25, 0.3) is 0 Å². The zero-order valence-electron chi connectivity index (χ0n) is 17.7. The van der Waals surface area contributed by atoms with Crippen LogP contribution in [-0.2, 0) is 21.2 Å². The molecule has 7 nitrogen and oxygen atoms in total. The van der Waals surface area contributed by atoms with Crippen LogP contribution in [0.4, 0.5) is 5.69 Å². The summed E-state index contributed by atoms with van der Waals surface area (Å²) in [4.78, 5) is 16.0. The number of fused-ring (bicyclic) bond motifs is 1. The Kier molecular flexibility index (Phi) is 6.64. The van der Waals surface area contributed by atoms with Gasteiger partial charge in [0.05, 0.1) is 24.4 Å². The number of anilines is 1. The Morgan fingerprint density at radius 3 is 2.43 bits per heavy atom. The number of carbonyl (C=O) groups excluding carboxylic acids is 1. The normalized spacial score (nSPS) is 14.5. The summed E-state index contributed by atoms with van der Waals surface area (Å²) in [5, 5.41) is -0.320. The number of ether oxygens (including phenoxy) is 2. The van der Waals surface area contributed by atoms with Crippen LogP contribution < -0.4 is 14.4 Å². The van der Waals surface area contributed by atoms with Gasteiger partial charge in [-0.25, -0.2) is 12.7 Å². The molecule has 1 atom stereocenters. The van der Waals surface area contributed by atoms with E-state index < -0.39 is 10.0 Å². The van der Waals surface area contributed by atoms with E-state index in [-0.39, 0.29) is 16.1 Å². The van der Waals surface area contributed by atoms with Crippen LogP contribution in [0.2, 0.25) is 0 Å². The van der Waals surface area contributed by atoms with Gasteiger partial charge in [0.2, 0.25) is 15.9 Å². The highest BCUT2D eigenvalue weighted by Gasteiger charge is 2.30. The summed E-state index contributed by atoms with van der Waals surface area (Å²) in [7, 11) is 2.67. The summed E-state index contributed by atoms with van der Waals surface area (Å²) in [5.41, 5.74) is 1.65. The third-order valence-corrected chi connectivity index (χ3v) is 7.90. The van der Waals surface area contributed by atoms with Gasteiger partial charge in [0.15, 0.2) is 11.5 Å². The van der Waals surface area contributed by atoms with E-state index in [2.05, 4.69) is 0 Å². The number of sulfonamides is 1. The molecular formula is C21H26N2O5S2. The minimum Gasteiger partial charge on any atom is -0.493 e. The van der Waals surface area contributed by atoms with Crippen molar-refractivity contribution in [1.29, 1.82) is 0 Å². The van der Waals surface area contributed by atoms with Gasteiger partial charge in [0.1, 0.15) is 0 Å². The Labute approximate surface area is 182 Å². The molecule has 0 aromatic heterocycles. The summed E-state index contributed by atoms with van der Waals surface area (Å²) >= 11 is 1.44. The second-order valence-corrected chi connectivity index (χ2v) is 10.7. The molecule has 0 unspecified atom stereocenters. The van der Waals surface area contributed by atoms with E-state index in [4.69, 9.17) is 9.47 Å². The Hall–Kier alpha value is -2.23. The first-order chi connectivity index (χ1) is 14.2. The number of hydrogen-bond acceptors (Lipinski definition) is 6. The molecule has 0 spiro atoms. The Balaban J connectivity index is 1.78. The molecule has 0 fully saturated rings. The molecule has 2 aromatic carbocycles. The highest BCUT2D eigenvalue weighted by atomic mass is 32.2. The van der Waals surface area contributed by atoms with Gasteiger partial charge in [-0.15, -0.1) is 11.8 Å². The van der Waals surface area contributed by atoms with Gasteiger partial charge in [0.25, 0.3) is 0 Å². The maximum Gasteiger partial charge on any atom is 0.242 e. The molecule has 1 amide bonds. The van der Waals surface area contributed by atoms with Crippen LogP contribution in [-0.4, -0.2) is 58.7 Å². The van der Waals surface area contributed by atoms with Crippen molar-refractivity contribution in [1.82, 2.24) is 4.31 Å². The first-order valence-corrected chi connectivity index (χ1v) is 11.8. The van der Waals surface area contributed by atoms with Crippen molar-refractivity contribution in [2.45, 2.75) is 28.4 Å². The number of carbonyl (C=O) groups is 1. The number of thioether (sulfide) groups is 1. The van der Waals surface area contributed by atoms with Crippen LogP contribution >= 0.6 is 11.8 Å². The summed E-state index contributed by atoms with van der Waals surface area (Å²) < 4.78 is 36.5. The minimum absolute atomic E-state index is 0.0169. The second kappa shape index (κ2) is 8.87. The smallest absolute Gasteiger partial charge is 0.242 e. The van der Waals surface area contributed by atoms with Crippen molar-refractivity contribution in [3.63, 3.8) is 0 Å². The lowest BCUT2D eigenvalue weighted by molar-refractivity contribution is -0.117. The van der Waals surface area contributed by atoms with Gasteiger partial charge in [0, 0.05) is 31.2 Å². The Morgan fingerprint density at radius 2 is 1.80 bits per heavy atom. The molecule has 0 saturated carbocycles. The number of rotatable bonds is 7. The minimum atomic E-state index is -3.50. The number of benzene rings is 2. The Bertz CT molecular complexity index is 1050. The molecule has 0 N–H and O–H groups in total. The maximum atomic E-state index is 13.1. The number of methoxy groups -OCH3 is 2. The zero-order valence-corrected chi connectivity index (χ0v) is 19.3. The van der Waals surface area contributed by atoms with Crippen LogP contribution in [0.15, 0.2) is 46.2 Å². The lowest BCUT2D eigenvalue weighted by atomic mass is 10.2. The third kappa shape index (κ3) is 4.28. The van der Waals surface area contributed by atoms with E-state index in [1.54, 1.807) is 37.3 Å². The van der Waals surface area contributed by atoms with Crippen molar-refractivity contribution >= 4 is 33.4 Å². The first-order valence-electron chi connectivity index (χ1n) is 9.44. The fourth-order valence-electron chi connectivity index (χ4n) is 3.34. The van der Waals surface area contributed by atoms with E-state index in [1.807, 2.05) is 25.1 Å². The fraction of sp³-hybridized carbons (Fsp3) is 0.381. The molecule has 0 bridgehead atoms. The van der Waals surface area contributed by atoms with Crippen LogP contribution in [0.1, 0.15) is 12.5 Å². The molecule has 30 heavy (non-hydrogen) atoms. The standard InChI is InChI=1S/C21H26N2O5S2/c1-14(29-16-6-9-19(27-4)20(13-16)28-5)21(24)23-11-10-15-12-17(7-8-18(15)23)30(25,26)22(2)3/h6-9,12-14H,10-11H2,1-5H3/t14-/m1/s1. The van der Waals surface area contributed by atoms with Crippen molar-refractivity contribution in [2.75, 3.05) is 39.8 Å². The molecule has 1 heterocycles. The van der Waals surface area contributed by atoms with Crippen molar-refractivity contribution < 1.29 is 22.7 Å². The third-order valence-electron chi connectivity index (χ3n) is 5.01. The molecule has 2 aromatic rings. The highest BCUT2D eigenvalue weighted by Crippen LogP contribution is 2.36. The predicted octanol–water partition coefficient (Wildman–Crippen LogP) is 3.02. The van der Waals surface area contributed by atoms with E-state index in [1.165, 1.54) is 30.2 Å². The summed E-state index contributed by atoms with van der Waals surface area (Å²) in [5.74, 6) is 1.23. The SMILES string of the molecule is COc1ccc(S[C@H](C)C(=O)N2CCc3cc(S(=O)(=O)N(C)C)ccc32)cc1OC. The van der Waals surface area contributed by atoms with Gasteiger partial charge < -0.3 is 14.4 Å². The van der Waals surface area contributed by atoms with Gasteiger partial charge in [-0.05, 0) is 55.3 Å². The predicted molar refractivity (Wildman–Crippen MR) is 118 cm³/mol. The second-order valence-electron chi connectivity index (χ2n) is 7.09. The maximum absolute atomic E-state index is 13.1. The fourth-order valence-corrected chi connectivity index (χ4v) is 5.25. The number of nitrogens with zero attached hydrogens (tertiary/aromatic N) is 2. The first kappa shape index (κ1) is 22.5. The van der Waals surface area contributed by atoms with Gasteiger partial charge in [-0.2, -0.15) is 0 Å². The quantitative estimate of drug-likeness (QED) is 0.604. The lowest BCUT2D eigenvalue weighted by Crippen LogP contribution is -2.35. The van der Waals surface area contributed by atoms with E-state index >= 15 is 0 Å². The zero-order chi connectivity index (χ0) is 22.1. The summed E-state index contributed by atoms with van der Waals surface area (Å²) in [6.45, 7) is 2.41. The molecule has 0 aliphatic carbocycles. The molecule has 1 aliphatic heterocycles. The van der Waals surface area contributed by atoms with Crippen LogP contribution in [0, 0.1) is 0 Å². The van der Waals surface area contributed by atoms with Crippen LogP contribution in [0.5, 0.6) is 11.5 Å². The molecule has 162 valence electrons. The van der Waals surface area contributed by atoms with Gasteiger partial charge in [-0.1, -0.05) is 0 Å². The van der Waals surface area contributed by atoms with Crippen molar-refractivity contribution in [2.24, 2.45) is 0 Å². The van der Waals surface area contributed by atoms with Crippen molar-refractivity contribution in [3.8, 4) is 11.5 Å². The Morgan fingerprint density at radius 1 is 1.10 bits per heavy atom. The molecule has 0 saturated heterocycles. The molecule has 9 heteroatoms. The highest BCUT2D eigenvalue weighted by molar-refractivity contribution is 8.00. The number of amides is 1. The molecule has 3 rings (SSSR count). The van der Waals surface area contributed by atoms with E-state index in [0.29, 0.717) is 24.5 Å². The topological polar surface area (TPSA) is 76.2 Å². The van der Waals surface area contributed by atoms with Crippen LogP contribution in [0.3, 0.4) is 0 Å². The molecular weight excluding hydrogens is 424 g/mol. The van der Waals surface area contributed by atoms with Gasteiger partial charge in [-0.3, -0.25) is 4.79 Å². The monoisotopic (exact) mass is 450 g/mol. The molecule has 1 aliphatic rings. The van der Waals surface area contributed by atoms with E-state index in [9.17, 15) is 13.2 Å². The van der Waals surface area contributed by atoms with E-state index in [0.717, 1.165) is 16.1 Å². The van der Waals surface area contributed by atoms with Crippen molar-refractivity contribution in [3.05, 3.63) is 42.0 Å². The summed E-state index contributed by atoms with van der Waals surface area (Å²) in [6.07, 6.45) is 0.631. The number of hydrogen-bond donors (Lipinski definition) is 0. The summed E-state index contributed by atoms with van der Waals surface area (Å²) in [6, 6.07) is 10.5.